The summed E-state index contributed by atoms with van der Waals surface area (Å²) in [7, 11) is 2.67. The van der Waals surface area contributed by atoms with Gasteiger partial charge >= 0.3 is 0 Å². The van der Waals surface area contributed by atoms with Crippen molar-refractivity contribution in [2.75, 3.05) is 14.2 Å². The zero-order valence-electron chi connectivity index (χ0n) is 10.2. The van der Waals surface area contributed by atoms with Crippen LogP contribution in [0.25, 0.3) is 0 Å². The second-order valence-corrected chi connectivity index (χ2v) is 3.58. The molecule has 1 aromatic rings. The van der Waals surface area contributed by atoms with E-state index in [1.54, 1.807) is 0 Å². The molecule has 0 amide bonds. The lowest BCUT2D eigenvalue weighted by Crippen LogP contribution is -2.17. The first-order valence-corrected chi connectivity index (χ1v) is 5.11. The average Bonchev–Trinajstić information content (AvgIpc) is 2.36. The van der Waals surface area contributed by atoms with E-state index < -0.39 is 33.3 Å². The minimum absolute atomic E-state index is 0.0794. The highest BCUT2D eigenvalue weighted by Crippen LogP contribution is 2.34. The number of phenols is 1. The molecule has 9 nitrogen and oxygen atoms in total. The highest BCUT2D eigenvalue weighted by molar-refractivity contribution is 5.56. The molecule has 104 valence electrons. The Balaban J connectivity index is 3.29. The van der Waals surface area contributed by atoms with Crippen LogP contribution in [0, 0.1) is 20.2 Å². The van der Waals surface area contributed by atoms with E-state index in [0.717, 1.165) is 12.1 Å². The Morgan fingerprint density at radius 2 is 1.79 bits per heavy atom. The summed E-state index contributed by atoms with van der Waals surface area (Å²) in [6, 6.07) is 1.64. The maximum Gasteiger partial charge on any atom is 0.283 e. The third kappa shape index (κ3) is 3.36. The molecule has 0 saturated heterocycles. The lowest BCUT2D eigenvalue weighted by molar-refractivity contribution is -0.394. The molecule has 0 aliphatic heterocycles. The number of methoxy groups -OCH3 is 2. The van der Waals surface area contributed by atoms with Crippen molar-refractivity contribution in [2.24, 2.45) is 0 Å². The molecule has 0 aliphatic carbocycles. The summed E-state index contributed by atoms with van der Waals surface area (Å²) in [6.07, 6.45) is -0.904. The van der Waals surface area contributed by atoms with Crippen LogP contribution in [0.5, 0.6) is 5.75 Å². The molecule has 0 unspecified atom stereocenters. The number of ether oxygens (including phenoxy) is 2. The summed E-state index contributed by atoms with van der Waals surface area (Å²) < 4.78 is 9.76. The van der Waals surface area contributed by atoms with Crippen LogP contribution in [0.3, 0.4) is 0 Å². The fourth-order valence-electron chi connectivity index (χ4n) is 1.53. The number of rotatable bonds is 6. The van der Waals surface area contributed by atoms with Gasteiger partial charge in [-0.15, -0.1) is 0 Å². The Hall–Kier alpha value is -2.26. The SMILES string of the molecule is COC(Cc1c(O)cc([N+](=O)[O-])cc1[N+](=O)[O-])OC. The molecule has 0 radical (unpaired) electrons. The first-order chi connectivity index (χ1) is 8.90. The Morgan fingerprint density at radius 3 is 2.21 bits per heavy atom. The first-order valence-electron chi connectivity index (χ1n) is 5.11. The molecule has 1 aromatic carbocycles. The monoisotopic (exact) mass is 272 g/mol. The summed E-state index contributed by atoms with van der Waals surface area (Å²) in [4.78, 5) is 19.9. The van der Waals surface area contributed by atoms with Crippen molar-refractivity contribution in [2.45, 2.75) is 12.7 Å². The van der Waals surface area contributed by atoms with Crippen molar-refractivity contribution < 1.29 is 24.4 Å². The van der Waals surface area contributed by atoms with Crippen LogP contribution in [0.15, 0.2) is 12.1 Å². The van der Waals surface area contributed by atoms with E-state index in [4.69, 9.17) is 9.47 Å². The van der Waals surface area contributed by atoms with Gasteiger partial charge in [0.2, 0.25) is 0 Å². The fourth-order valence-corrected chi connectivity index (χ4v) is 1.53. The maximum atomic E-state index is 10.9. The van der Waals surface area contributed by atoms with Crippen LogP contribution in [0.2, 0.25) is 0 Å². The zero-order chi connectivity index (χ0) is 14.6. The van der Waals surface area contributed by atoms with Gasteiger partial charge in [0.25, 0.3) is 11.4 Å². The largest absolute Gasteiger partial charge is 0.507 e. The Bertz CT molecular complexity index is 499. The zero-order valence-corrected chi connectivity index (χ0v) is 10.2. The molecule has 1 rings (SSSR count). The second kappa shape index (κ2) is 6.07. The van der Waals surface area contributed by atoms with E-state index >= 15 is 0 Å². The molecule has 9 heteroatoms. The lowest BCUT2D eigenvalue weighted by atomic mass is 10.1. The molecule has 0 atom stereocenters. The van der Waals surface area contributed by atoms with Crippen molar-refractivity contribution in [3.8, 4) is 5.75 Å². The van der Waals surface area contributed by atoms with Gasteiger partial charge in [-0.2, -0.15) is 0 Å². The number of benzene rings is 1. The van der Waals surface area contributed by atoms with Crippen molar-refractivity contribution in [1.82, 2.24) is 0 Å². The van der Waals surface area contributed by atoms with Gasteiger partial charge in [-0.25, -0.2) is 0 Å². The standard InChI is InChI=1S/C10H12N2O7/c1-18-10(19-2)5-7-8(12(16)17)3-6(11(14)15)4-9(7)13/h3-4,10,13H,5H2,1-2H3. The molecule has 0 aliphatic rings. The van der Waals surface area contributed by atoms with Crippen LogP contribution in [0.4, 0.5) is 11.4 Å². The molecular formula is C10H12N2O7. The predicted molar refractivity (Wildman–Crippen MR) is 62.9 cm³/mol. The van der Waals surface area contributed by atoms with Gasteiger partial charge in [-0.05, 0) is 0 Å². The number of nitro groups is 2. The molecule has 0 heterocycles. The molecule has 0 bridgehead atoms. The second-order valence-electron chi connectivity index (χ2n) is 3.58. The average molecular weight is 272 g/mol. The van der Waals surface area contributed by atoms with Crippen LogP contribution >= 0.6 is 0 Å². The molecule has 0 saturated carbocycles. The number of nitrogens with zero attached hydrogens (tertiary/aromatic N) is 2. The normalized spacial score (nSPS) is 10.7. The molecule has 0 fully saturated rings. The topological polar surface area (TPSA) is 125 Å². The Morgan fingerprint density at radius 1 is 1.21 bits per heavy atom. The highest BCUT2D eigenvalue weighted by Gasteiger charge is 2.26. The van der Waals surface area contributed by atoms with Crippen LogP contribution in [-0.4, -0.2) is 35.5 Å². The van der Waals surface area contributed by atoms with Crippen LogP contribution in [-0.2, 0) is 15.9 Å². The molecule has 0 aromatic heterocycles. The molecule has 0 spiro atoms. The van der Waals surface area contributed by atoms with E-state index in [0.29, 0.717) is 0 Å². The van der Waals surface area contributed by atoms with Gasteiger partial charge in [0.05, 0.1) is 27.5 Å². The minimum Gasteiger partial charge on any atom is -0.507 e. The maximum absolute atomic E-state index is 10.9. The van der Waals surface area contributed by atoms with Crippen molar-refractivity contribution in [1.29, 1.82) is 0 Å². The van der Waals surface area contributed by atoms with E-state index in [9.17, 15) is 25.3 Å². The first kappa shape index (κ1) is 14.8. The van der Waals surface area contributed by atoms with Gasteiger partial charge in [0.1, 0.15) is 5.75 Å². The van der Waals surface area contributed by atoms with E-state index in [-0.39, 0.29) is 12.0 Å². The third-order valence-electron chi connectivity index (χ3n) is 2.49. The van der Waals surface area contributed by atoms with E-state index in [1.807, 2.05) is 0 Å². The van der Waals surface area contributed by atoms with Crippen molar-refractivity contribution in [3.05, 3.63) is 37.9 Å². The number of hydrogen-bond donors (Lipinski definition) is 1. The number of phenolic OH excluding ortho intramolecular Hbond substituents is 1. The molecular weight excluding hydrogens is 260 g/mol. The Labute approximate surface area is 107 Å². The smallest absolute Gasteiger partial charge is 0.283 e. The van der Waals surface area contributed by atoms with Crippen LogP contribution in [0.1, 0.15) is 5.56 Å². The number of non-ortho nitro benzene ring substituents is 1. The van der Waals surface area contributed by atoms with E-state index in [2.05, 4.69) is 0 Å². The lowest BCUT2D eigenvalue weighted by Gasteiger charge is -2.14. The number of nitro benzene ring substituents is 2. The number of hydrogen-bond acceptors (Lipinski definition) is 7. The summed E-state index contributed by atoms with van der Waals surface area (Å²) >= 11 is 0. The van der Waals surface area contributed by atoms with Gasteiger partial charge in [0.15, 0.2) is 6.29 Å². The summed E-state index contributed by atoms with van der Waals surface area (Å²) in [5, 5.41) is 31.2. The van der Waals surface area contributed by atoms with Crippen molar-refractivity contribution >= 4 is 11.4 Å². The van der Waals surface area contributed by atoms with E-state index in [1.165, 1.54) is 14.2 Å². The quantitative estimate of drug-likeness (QED) is 0.470. The molecule has 19 heavy (non-hydrogen) atoms. The van der Waals surface area contributed by atoms with Crippen LogP contribution < -0.4 is 0 Å². The Kier molecular flexibility index (Phi) is 4.73. The van der Waals surface area contributed by atoms with Gasteiger partial charge < -0.3 is 14.6 Å². The minimum atomic E-state index is -0.819. The highest BCUT2D eigenvalue weighted by atomic mass is 16.7. The third-order valence-corrected chi connectivity index (χ3v) is 2.49. The van der Waals surface area contributed by atoms with Crippen molar-refractivity contribution in [3.63, 3.8) is 0 Å². The van der Waals surface area contributed by atoms with Gasteiger partial charge in [-0.3, -0.25) is 20.2 Å². The summed E-state index contributed by atoms with van der Waals surface area (Å²) in [5.41, 5.74) is -1.19. The fraction of sp³-hybridized carbons (Fsp3) is 0.400. The predicted octanol–water partition coefficient (Wildman–Crippen LogP) is 1.37. The summed E-state index contributed by atoms with van der Waals surface area (Å²) in [6.45, 7) is 0. The summed E-state index contributed by atoms with van der Waals surface area (Å²) in [5.74, 6) is -0.542. The van der Waals surface area contributed by atoms with Gasteiger partial charge in [-0.1, -0.05) is 0 Å². The van der Waals surface area contributed by atoms with Gasteiger partial charge in [0, 0.05) is 20.6 Å². The molecule has 1 N–H and O–H groups in total. The number of aromatic hydroxyl groups is 1.